The maximum Gasteiger partial charge on any atom is 0.433 e. The number of rotatable bonds is 8. The van der Waals surface area contributed by atoms with Crippen molar-refractivity contribution < 1.29 is 36.9 Å². The largest absolute Gasteiger partial charge is 0.493 e. The number of halogens is 3. The summed E-state index contributed by atoms with van der Waals surface area (Å²) in [5, 5.41) is 6.49. The van der Waals surface area contributed by atoms with Crippen molar-refractivity contribution in [1.29, 1.82) is 0 Å². The van der Waals surface area contributed by atoms with Gasteiger partial charge in [-0.3, -0.25) is 4.79 Å². The minimum absolute atomic E-state index is 0.0183. The van der Waals surface area contributed by atoms with Crippen molar-refractivity contribution in [2.45, 2.75) is 12.7 Å². The zero-order valence-corrected chi connectivity index (χ0v) is 20.3. The van der Waals surface area contributed by atoms with Gasteiger partial charge < -0.3 is 24.3 Å². The SMILES string of the molecule is COc1ccc(CNC(=O)c2cnn3c(C(F)(F)F)cc(-c4ccc(OC)c(OC)c4)nc23)cc1OC. The zero-order valence-electron chi connectivity index (χ0n) is 20.3. The van der Waals surface area contributed by atoms with Crippen molar-refractivity contribution in [2.24, 2.45) is 0 Å². The minimum Gasteiger partial charge on any atom is -0.493 e. The summed E-state index contributed by atoms with van der Waals surface area (Å²) in [5.74, 6) is 1.07. The Kier molecular flexibility index (Phi) is 7.09. The summed E-state index contributed by atoms with van der Waals surface area (Å²) >= 11 is 0. The Bertz CT molecular complexity index is 1450. The molecule has 2 aromatic carbocycles. The number of hydrogen-bond acceptors (Lipinski definition) is 7. The van der Waals surface area contributed by atoms with E-state index in [-0.39, 0.29) is 23.4 Å². The third kappa shape index (κ3) is 5.08. The molecule has 12 heteroatoms. The number of carbonyl (C=O) groups excluding carboxylic acids is 1. The molecule has 194 valence electrons. The fourth-order valence-corrected chi connectivity index (χ4v) is 3.74. The number of amides is 1. The first-order chi connectivity index (χ1) is 17.7. The highest BCUT2D eigenvalue weighted by Gasteiger charge is 2.36. The number of aromatic nitrogens is 3. The van der Waals surface area contributed by atoms with Crippen LogP contribution in [-0.4, -0.2) is 48.9 Å². The number of alkyl halides is 3. The monoisotopic (exact) mass is 516 g/mol. The molecule has 1 amide bonds. The molecule has 4 rings (SSSR count). The fraction of sp³-hybridized carbons (Fsp3) is 0.240. The molecule has 0 bridgehead atoms. The molecule has 0 radical (unpaired) electrons. The highest BCUT2D eigenvalue weighted by atomic mass is 19.4. The van der Waals surface area contributed by atoms with Crippen LogP contribution < -0.4 is 24.3 Å². The number of fused-ring (bicyclic) bond motifs is 1. The second-order valence-electron chi connectivity index (χ2n) is 7.76. The Morgan fingerprint density at radius 2 is 1.51 bits per heavy atom. The van der Waals surface area contributed by atoms with Gasteiger partial charge in [0.25, 0.3) is 5.91 Å². The number of methoxy groups -OCH3 is 4. The Balaban J connectivity index is 1.72. The predicted octanol–water partition coefficient (Wildman–Crippen LogP) is 4.38. The molecule has 0 aliphatic rings. The maximum atomic E-state index is 13.9. The van der Waals surface area contributed by atoms with E-state index in [0.29, 0.717) is 38.6 Å². The van der Waals surface area contributed by atoms with E-state index in [0.717, 1.165) is 12.3 Å². The van der Waals surface area contributed by atoms with Gasteiger partial charge in [-0.05, 0) is 42.0 Å². The average Bonchev–Trinajstić information content (AvgIpc) is 3.34. The van der Waals surface area contributed by atoms with Gasteiger partial charge in [0.05, 0.1) is 40.3 Å². The molecule has 0 spiro atoms. The number of carbonyl (C=O) groups is 1. The number of hydrogen-bond donors (Lipinski definition) is 1. The van der Waals surface area contributed by atoms with E-state index in [1.165, 1.54) is 34.5 Å². The van der Waals surface area contributed by atoms with Gasteiger partial charge in [-0.1, -0.05) is 6.07 Å². The van der Waals surface area contributed by atoms with Crippen LogP contribution >= 0.6 is 0 Å². The predicted molar refractivity (Wildman–Crippen MR) is 127 cm³/mol. The Labute approximate surface area is 209 Å². The standard InChI is InChI=1S/C25H23F3N4O5/c1-34-18-7-5-14(9-20(18)36-3)12-29-24(33)16-13-30-32-22(25(26,27)28)11-17(31-23(16)32)15-6-8-19(35-2)21(10-15)37-4/h5-11,13H,12H2,1-4H3,(H,29,33). The van der Waals surface area contributed by atoms with Crippen LogP contribution in [0.1, 0.15) is 21.6 Å². The molecule has 0 saturated carbocycles. The van der Waals surface area contributed by atoms with Crippen molar-refractivity contribution in [3.8, 4) is 34.3 Å². The summed E-state index contributed by atoms with van der Waals surface area (Å²) in [4.78, 5) is 17.3. The summed E-state index contributed by atoms with van der Waals surface area (Å²) in [6.45, 7) is 0.0814. The molecule has 0 unspecified atom stereocenters. The van der Waals surface area contributed by atoms with E-state index in [9.17, 15) is 18.0 Å². The first kappa shape index (κ1) is 25.6. The van der Waals surface area contributed by atoms with Crippen molar-refractivity contribution in [1.82, 2.24) is 19.9 Å². The molecule has 0 atom stereocenters. The van der Waals surface area contributed by atoms with Crippen molar-refractivity contribution >= 4 is 11.6 Å². The molecule has 2 aromatic heterocycles. The molecule has 2 heterocycles. The molecule has 9 nitrogen and oxygen atoms in total. The van der Waals surface area contributed by atoms with Crippen LogP contribution in [0.2, 0.25) is 0 Å². The summed E-state index contributed by atoms with van der Waals surface area (Å²) < 4.78 is 63.3. The van der Waals surface area contributed by atoms with Crippen LogP contribution in [0.5, 0.6) is 23.0 Å². The Morgan fingerprint density at radius 1 is 0.892 bits per heavy atom. The lowest BCUT2D eigenvalue weighted by molar-refractivity contribution is -0.142. The summed E-state index contributed by atoms with van der Waals surface area (Å²) in [7, 11) is 5.85. The van der Waals surface area contributed by atoms with Gasteiger partial charge in [0.2, 0.25) is 0 Å². The van der Waals surface area contributed by atoms with Crippen LogP contribution in [0.25, 0.3) is 16.9 Å². The van der Waals surface area contributed by atoms with E-state index < -0.39 is 17.8 Å². The fourth-order valence-electron chi connectivity index (χ4n) is 3.74. The normalized spacial score (nSPS) is 11.3. The first-order valence-corrected chi connectivity index (χ1v) is 10.9. The van der Waals surface area contributed by atoms with Gasteiger partial charge in [0, 0.05) is 12.1 Å². The van der Waals surface area contributed by atoms with Gasteiger partial charge >= 0.3 is 6.18 Å². The van der Waals surface area contributed by atoms with Crippen LogP contribution in [0.3, 0.4) is 0 Å². The summed E-state index contributed by atoms with van der Waals surface area (Å²) in [5.41, 5.74) is -0.435. The number of ether oxygens (including phenoxy) is 4. The maximum absolute atomic E-state index is 13.9. The van der Waals surface area contributed by atoms with Gasteiger partial charge in [0.15, 0.2) is 34.3 Å². The number of nitrogens with zero attached hydrogens (tertiary/aromatic N) is 3. The highest BCUT2D eigenvalue weighted by molar-refractivity contribution is 5.99. The van der Waals surface area contributed by atoms with Crippen LogP contribution in [0, 0.1) is 0 Å². The number of benzene rings is 2. The number of nitrogens with one attached hydrogen (secondary N) is 1. The van der Waals surface area contributed by atoms with Crippen LogP contribution in [-0.2, 0) is 12.7 Å². The van der Waals surface area contributed by atoms with Gasteiger partial charge in [-0.15, -0.1) is 0 Å². The lowest BCUT2D eigenvalue weighted by atomic mass is 10.1. The van der Waals surface area contributed by atoms with Gasteiger partial charge in [0.1, 0.15) is 5.56 Å². The van der Waals surface area contributed by atoms with E-state index >= 15 is 0 Å². The zero-order chi connectivity index (χ0) is 26.7. The van der Waals surface area contributed by atoms with Crippen molar-refractivity contribution in [3.05, 3.63) is 65.5 Å². The van der Waals surface area contributed by atoms with E-state index in [4.69, 9.17) is 18.9 Å². The second kappa shape index (κ2) is 10.2. The summed E-state index contributed by atoms with van der Waals surface area (Å²) in [6, 6.07) is 10.6. The Morgan fingerprint density at radius 3 is 2.14 bits per heavy atom. The lowest BCUT2D eigenvalue weighted by Gasteiger charge is -2.13. The highest BCUT2D eigenvalue weighted by Crippen LogP contribution is 2.36. The van der Waals surface area contributed by atoms with Gasteiger partial charge in [-0.25, -0.2) is 9.50 Å². The summed E-state index contributed by atoms with van der Waals surface area (Å²) in [6.07, 6.45) is -3.70. The second-order valence-corrected chi connectivity index (χ2v) is 7.76. The molecule has 0 aliphatic carbocycles. The third-order valence-electron chi connectivity index (χ3n) is 5.59. The average molecular weight is 516 g/mol. The van der Waals surface area contributed by atoms with Crippen LogP contribution in [0.15, 0.2) is 48.7 Å². The lowest BCUT2D eigenvalue weighted by Crippen LogP contribution is -2.23. The van der Waals surface area contributed by atoms with E-state index in [1.54, 1.807) is 30.3 Å². The molecular formula is C25H23F3N4O5. The van der Waals surface area contributed by atoms with Gasteiger partial charge in [-0.2, -0.15) is 18.3 Å². The minimum atomic E-state index is -4.76. The smallest absolute Gasteiger partial charge is 0.433 e. The quantitative estimate of drug-likeness (QED) is 0.371. The van der Waals surface area contributed by atoms with Crippen molar-refractivity contribution in [2.75, 3.05) is 28.4 Å². The topological polar surface area (TPSA) is 96.2 Å². The molecule has 0 saturated heterocycles. The molecular weight excluding hydrogens is 493 g/mol. The molecule has 0 aliphatic heterocycles. The van der Waals surface area contributed by atoms with E-state index in [1.807, 2.05) is 0 Å². The first-order valence-electron chi connectivity index (χ1n) is 10.9. The van der Waals surface area contributed by atoms with Crippen LogP contribution in [0.4, 0.5) is 13.2 Å². The molecule has 0 fully saturated rings. The van der Waals surface area contributed by atoms with E-state index in [2.05, 4.69) is 15.4 Å². The Hall–Kier alpha value is -4.48. The molecule has 1 N–H and O–H groups in total. The molecule has 37 heavy (non-hydrogen) atoms. The van der Waals surface area contributed by atoms with Crippen molar-refractivity contribution in [3.63, 3.8) is 0 Å². The molecule has 4 aromatic rings. The third-order valence-corrected chi connectivity index (χ3v) is 5.59.